The molecule has 0 heterocycles. The van der Waals surface area contributed by atoms with E-state index >= 15 is 0 Å². The van der Waals surface area contributed by atoms with Crippen LogP contribution in [0.3, 0.4) is 0 Å². The van der Waals surface area contributed by atoms with Gasteiger partial charge in [-0.1, -0.05) is 46.4 Å². The third-order valence-electron chi connectivity index (χ3n) is 0.356. The maximum atomic E-state index is 9.32. The molecular weight excluding hydrogens is 454 g/mol. The zero-order chi connectivity index (χ0) is 10.3. The predicted molar refractivity (Wildman–Crippen MR) is 41.0 cm³/mol. The van der Waals surface area contributed by atoms with Gasteiger partial charge in [0, 0.05) is 0 Å². The Bertz CT molecular complexity index is 144. The van der Waals surface area contributed by atoms with E-state index in [0.29, 0.717) is 0 Å². The van der Waals surface area contributed by atoms with Gasteiger partial charge in [-0.2, -0.15) is 0 Å². The molecule has 0 aromatic carbocycles. The van der Waals surface area contributed by atoms with Crippen molar-refractivity contribution in [3.05, 3.63) is 0 Å². The monoisotopic (exact) mass is 456 g/mol. The van der Waals surface area contributed by atoms with Crippen molar-refractivity contribution in [1.29, 1.82) is 0 Å². The Hall–Kier alpha value is 1.04. The average Bonchev–Trinajstić information content (AvgIpc) is 1.88. The van der Waals surface area contributed by atoms with Crippen LogP contribution in [0.1, 0.15) is 0 Å². The summed E-state index contributed by atoms with van der Waals surface area (Å²) in [6.07, 6.45) is 0. The van der Waals surface area contributed by atoms with Crippen LogP contribution in [0.2, 0.25) is 0 Å². The third kappa shape index (κ3) is 19.4. The molecule has 0 amide bonds. The van der Waals surface area contributed by atoms with Crippen molar-refractivity contribution >= 4 is 58.3 Å². The van der Waals surface area contributed by atoms with Crippen molar-refractivity contribution in [2.75, 3.05) is 0 Å². The Morgan fingerprint density at radius 3 is 0.923 bits per heavy atom. The molecule has 0 rings (SSSR count). The van der Waals surface area contributed by atoms with Crippen molar-refractivity contribution in [3.63, 3.8) is 0 Å². The summed E-state index contributed by atoms with van der Waals surface area (Å²) in [6, 6.07) is 0. The molecule has 9 heteroatoms. The van der Waals surface area contributed by atoms with E-state index in [4.69, 9.17) is 46.4 Å². The predicted octanol–water partition coefficient (Wildman–Crippen LogP) is -0.922. The molecule has 0 aromatic heterocycles. The van der Waals surface area contributed by atoms with E-state index in [-0.39, 0.29) is 27.7 Å². The van der Waals surface area contributed by atoms with E-state index in [0.717, 1.165) is 0 Å². The van der Waals surface area contributed by atoms with Gasteiger partial charge in [0.05, 0.1) is 11.9 Å². The second-order valence-electron chi connectivity index (χ2n) is 1.24. The molecule has 4 nitrogen and oxygen atoms in total. The summed E-state index contributed by atoms with van der Waals surface area (Å²) in [5.41, 5.74) is 0. The normalized spacial score (nSPS) is 8.46. The van der Waals surface area contributed by atoms with Crippen molar-refractivity contribution < 1.29 is 47.5 Å². The summed E-state index contributed by atoms with van der Waals surface area (Å²) in [6.45, 7) is 0. The molecule has 0 N–H and O–H groups in total. The van der Waals surface area contributed by atoms with Crippen molar-refractivity contribution in [3.8, 4) is 0 Å². The van der Waals surface area contributed by atoms with E-state index in [1.165, 1.54) is 0 Å². The molecule has 13 heavy (non-hydrogen) atoms. The molecule has 0 atom stereocenters. The standard InChI is InChI=1S/2C2H2Cl2O2.Hg/c2*3-1(4)2(5)6;/h2*1H,(H,5,6);/q;;+2/p-2. The molecule has 0 spiro atoms. The van der Waals surface area contributed by atoms with Crippen LogP contribution in [-0.2, 0) is 37.3 Å². The number of carbonyl (C=O) groups is 2. The molecule has 0 aliphatic rings. The smallest absolute Gasteiger partial charge is 0.547 e. The maximum absolute atomic E-state index is 9.32. The van der Waals surface area contributed by atoms with E-state index in [2.05, 4.69) is 0 Å². The van der Waals surface area contributed by atoms with Gasteiger partial charge in [0.25, 0.3) is 0 Å². The Kier molecular flexibility index (Phi) is 16.7. The number of hydrogen-bond donors (Lipinski definition) is 0. The van der Waals surface area contributed by atoms with E-state index in [1.807, 2.05) is 0 Å². The minimum Gasteiger partial charge on any atom is -0.547 e. The number of alkyl halides is 4. The second kappa shape index (κ2) is 11.1. The number of carbonyl (C=O) groups excluding carboxylic acids is 2. The van der Waals surface area contributed by atoms with Crippen LogP contribution in [0.25, 0.3) is 0 Å². The van der Waals surface area contributed by atoms with E-state index < -0.39 is 21.6 Å². The van der Waals surface area contributed by atoms with Crippen LogP contribution in [0.15, 0.2) is 0 Å². The summed E-state index contributed by atoms with van der Waals surface area (Å²) >= 11 is 18.9. The first-order valence-corrected chi connectivity index (χ1v) is 4.01. The fourth-order valence-corrected chi connectivity index (χ4v) is 0. The summed E-state index contributed by atoms with van der Waals surface area (Å²) in [4.78, 5) is 15.9. The van der Waals surface area contributed by atoms with Gasteiger partial charge in [0.15, 0.2) is 0 Å². The Labute approximate surface area is 115 Å². The van der Waals surface area contributed by atoms with Crippen LogP contribution in [0.5, 0.6) is 0 Å². The molecule has 0 radical (unpaired) electrons. The van der Waals surface area contributed by atoms with Crippen molar-refractivity contribution in [2.24, 2.45) is 0 Å². The number of hydrogen-bond acceptors (Lipinski definition) is 4. The molecule has 0 saturated heterocycles. The quantitative estimate of drug-likeness (QED) is 0.398. The van der Waals surface area contributed by atoms with Gasteiger partial charge in [0.2, 0.25) is 0 Å². The summed E-state index contributed by atoms with van der Waals surface area (Å²) < 4.78 is 0. The van der Waals surface area contributed by atoms with Crippen LogP contribution in [0, 0.1) is 0 Å². The van der Waals surface area contributed by atoms with Crippen molar-refractivity contribution in [1.82, 2.24) is 0 Å². The van der Waals surface area contributed by atoms with Gasteiger partial charge in [-0.25, -0.2) is 0 Å². The molecule has 0 bridgehead atoms. The number of carboxylic acids is 2. The fourth-order valence-electron chi connectivity index (χ4n) is 0. The van der Waals surface area contributed by atoms with Crippen LogP contribution in [-0.4, -0.2) is 21.6 Å². The van der Waals surface area contributed by atoms with Crippen molar-refractivity contribution in [2.45, 2.75) is 9.67 Å². The molecule has 0 aromatic rings. The summed E-state index contributed by atoms with van der Waals surface area (Å²) in [5, 5.41) is 18.6. The van der Waals surface area contributed by atoms with Gasteiger partial charge in [-0.05, 0) is 0 Å². The number of rotatable bonds is 2. The van der Waals surface area contributed by atoms with Crippen LogP contribution >= 0.6 is 46.4 Å². The summed E-state index contributed by atoms with van der Waals surface area (Å²) in [7, 11) is 0. The minimum atomic E-state index is -1.46. The number of aliphatic carboxylic acids is 2. The summed E-state index contributed by atoms with van der Waals surface area (Å²) in [5.74, 6) is -2.92. The fraction of sp³-hybridized carbons (Fsp3) is 0.500. The molecule has 0 aliphatic carbocycles. The van der Waals surface area contributed by atoms with E-state index in [1.54, 1.807) is 0 Å². The van der Waals surface area contributed by atoms with Crippen LogP contribution < -0.4 is 10.2 Å². The Morgan fingerprint density at radius 2 is 0.923 bits per heavy atom. The SMILES string of the molecule is O=C([O-])C(Cl)Cl.O=C([O-])C(Cl)Cl.[Hg+2]. The largest absolute Gasteiger partial charge is 2.00 e. The maximum Gasteiger partial charge on any atom is 2.00 e. The zero-order valence-electron chi connectivity index (χ0n) is 6.01. The first-order valence-electron chi connectivity index (χ1n) is 2.27. The Morgan fingerprint density at radius 1 is 0.846 bits per heavy atom. The van der Waals surface area contributed by atoms with Gasteiger partial charge in [0.1, 0.15) is 9.67 Å². The molecular formula is C4H2Cl4HgO4. The van der Waals surface area contributed by atoms with E-state index in [9.17, 15) is 19.8 Å². The number of carboxylic acid groups (broad SMARTS) is 2. The average molecular weight is 456 g/mol. The van der Waals surface area contributed by atoms with Gasteiger partial charge in [-0.15, -0.1) is 0 Å². The first-order chi connectivity index (χ1) is 5.29. The second-order valence-corrected chi connectivity index (χ2v) is 3.43. The molecule has 0 fully saturated rings. The van der Waals surface area contributed by atoms with Gasteiger partial charge >= 0.3 is 27.7 Å². The first kappa shape index (κ1) is 19.6. The van der Waals surface area contributed by atoms with Crippen LogP contribution in [0.4, 0.5) is 0 Å². The molecule has 0 saturated carbocycles. The van der Waals surface area contributed by atoms with Gasteiger partial charge in [-0.3, -0.25) is 0 Å². The molecule has 0 aliphatic heterocycles. The minimum absolute atomic E-state index is 0. The third-order valence-corrected chi connectivity index (χ3v) is 1.07. The Balaban J connectivity index is -0.000000143. The number of halogens is 4. The topological polar surface area (TPSA) is 80.3 Å². The molecule has 0 unspecified atom stereocenters. The molecule has 72 valence electrons. The van der Waals surface area contributed by atoms with Gasteiger partial charge < -0.3 is 19.8 Å². The zero-order valence-corrected chi connectivity index (χ0v) is 14.5.